The molecule has 4 nitrogen and oxygen atoms in total. The summed E-state index contributed by atoms with van der Waals surface area (Å²) in [4.78, 5) is 23.6. The molecule has 0 radical (unpaired) electrons. The Hall–Kier alpha value is -2.25. The van der Waals surface area contributed by atoms with Crippen molar-refractivity contribution in [1.29, 1.82) is 0 Å². The van der Waals surface area contributed by atoms with Gasteiger partial charge in [0.1, 0.15) is 0 Å². The van der Waals surface area contributed by atoms with E-state index in [1.807, 2.05) is 0 Å². The van der Waals surface area contributed by atoms with Gasteiger partial charge in [-0.1, -0.05) is 23.2 Å². The van der Waals surface area contributed by atoms with Crippen molar-refractivity contribution >= 4 is 40.8 Å². The normalized spacial score (nSPS) is 11.1. The number of carbonyl (C=O) groups excluding carboxylic acids is 2. The van der Waals surface area contributed by atoms with E-state index in [0.29, 0.717) is 0 Å². The van der Waals surface area contributed by atoms with E-state index in [1.54, 1.807) is 0 Å². The minimum atomic E-state index is -4.46. The lowest BCUT2D eigenvalue weighted by atomic mass is 10.2. The number of amides is 1. The van der Waals surface area contributed by atoms with Gasteiger partial charge in [0, 0.05) is 10.7 Å². The number of anilines is 1. The highest BCUT2D eigenvalue weighted by Crippen LogP contribution is 2.29. The van der Waals surface area contributed by atoms with Gasteiger partial charge in [0.15, 0.2) is 6.61 Å². The third kappa shape index (κ3) is 5.37. The highest BCUT2D eigenvalue weighted by atomic mass is 35.5. The van der Waals surface area contributed by atoms with Gasteiger partial charge in [-0.3, -0.25) is 4.79 Å². The number of alkyl halides is 3. The van der Waals surface area contributed by atoms with Crippen LogP contribution in [0.4, 0.5) is 18.9 Å². The molecule has 0 saturated heterocycles. The predicted molar refractivity (Wildman–Crippen MR) is 86.8 cm³/mol. The van der Waals surface area contributed by atoms with Gasteiger partial charge in [0.2, 0.25) is 0 Å². The zero-order valence-corrected chi connectivity index (χ0v) is 13.9. The maximum Gasteiger partial charge on any atom is 0.416 e. The lowest BCUT2D eigenvalue weighted by Crippen LogP contribution is -2.21. The van der Waals surface area contributed by atoms with E-state index in [-0.39, 0.29) is 21.3 Å². The monoisotopic (exact) mass is 391 g/mol. The predicted octanol–water partition coefficient (Wildman–Crippen LogP) is 4.81. The third-order valence-electron chi connectivity index (χ3n) is 2.98. The van der Waals surface area contributed by atoms with Gasteiger partial charge in [-0.05, 0) is 42.5 Å². The summed E-state index contributed by atoms with van der Waals surface area (Å²) in [5.41, 5.74) is -0.709. The number of nitrogens with one attached hydrogen (secondary N) is 1. The zero-order chi connectivity index (χ0) is 18.6. The topological polar surface area (TPSA) is 55.4 Å². The summed E-state index contributed by atoms with van der Waals surface area (Å²) >= 11 is 11.6. The molecule has 0 bridgehead atoms. The molecule has 132 valence electrons. The SMILES string of the molecule is O=C(COC(=O)c1cc(Cl)ccc1Cl)Nc1ccc(C(F)(F)F)cc1. The first-order valence-electron chi connectivity index (χ1n) is 6.76. The largest absolute Gasteiger partial charge is 0.452 e. The molecule has 0 aliphatic heterocycles. The van der Waals surface area contributed by atoms with Gasteiger partial charge in [-0.25, -0.2) is 4.79 Å². The standard InChI is InChI=1S/C16H10Cl2F3NO3/c17-10-3-6-13(18)12(7-10)15(24)25-8-14(23)22-11-4-1-9(2-5-11)16(19,20)21/h1-7H,8H2,(H,22,23). The second-order valence-electron chi connectivity index (χ2n) is 4.82. The van der Waals surface area contributed by atoms with Gasteiger partial charge in [0.25, 0.3) is 5.91 Å². The van der Waals surface area contributed by atoms with Gasteiger partial charge in [0.05, 0.1) is 16.1 Å². The molecule has 0 aliphatic rings. The first kappa shape index (κ1) is 19.1. The van der Waals surface area contributed by atoms with E-state index in [2.05, 4.69) is 5.32 Å². The molecule has 0 spiro atoms. The van der Waals surface area contributed by atoms with Gasteiger partial charge in [-0.2, -0.15) is 13.2 Å². The van der Waals surface area contributed by atoms with Crippen LogP contribution in [0.1, 0.15) is 15.9 Å². The number of hydrogen-bond donors (Lipinski definition) is 1. The molecule has 0 aliphatic carbocycles. The second-order valence-corrected chi connectivity index (χ2v) is 5.67. The van der Waals surface area contributed by atoms with Crippen molar-refractivity contribution in [3.8, 4) is 0 Å². The molecular weight excluding hydrogens is 382 g/mol. The van der Waals surface area contributed by atoms with Crippen LogP contribution in [0.2, 0.25) is 10.0 Å². The van der Waals surface area contributed by atoms with E-state index in [1.165, 1.54) is 18.2 Å². The number of hydrogen-bond acceptors (Lipinski definition) is 3. The van der Waals surface area contributed by atoms with Crippen molar-refractivity contribution in [2.45, 2.75) is 6.18 Å². The van der Waals surface area contributed by atoms with Crippen LogP contribution in [0.15, 0.2) is 42.5 Å². The quantitative estimate of drug-likeness (QED) is 0.761. The molecule has 2 aromatic carbocycles. The average Bonchev–Trinajstić information content (AvgIpc) is 2.54. The van der Waals surface area contributed by atoms with Crippen molar-refractivity contribution < 1.29 is 27.5 Å². The molecule has 0 aromatic heterocycles. The Kier molecular flexibility index (Phi) is 5.92. The van der Waals surface area contributed by atoms with Crippen LogP contribution < -0.4 is 5.32 Å². The fraction of sp³-hybridized carbons (Fsp3) is 0.125. The zero-order valence-electron chi connectivity index (χ0n) is 12.4. The summed E-state index contributed by atoms with van der Waals surface area (Å²) in [6.45, 7) is -0.636. The summed E-state index contributed by atoms with van der Waals surface area (Å²) in [6.07, 6.45) is -4.46. The number of halogens is 5. The maximum atomic E-state index is 12.4. The van der Waals surface area contributed by atoms with Crippen LogP contribution in [0.5, 0.6) is 0 Å². The average molecular weight is 392 g/mol. The minimum absolute atomic E-state index is 0.00324. The first-order chi connectivity index (χ1) is 11.7. The smallest absolute Gasteiger partial charge is 0.416 e. The van der Waals surface area contributed by atoms with E-state index in [4.69, 9.17) is 27.9 Å². The number of esters is 1. The molecule has 0 heterocycles. The molecular formula is C16H10Cl2F3NO3. The van der Waals surface area contributed by atoms with E-state index < -0.39 is 30.2 Å². The van der Waals surface area contributed by atoms with Gasteiger partial charge < -0.3 is 10.1 Å². The molecule has 0 fully saturated rings. The summed E-state index contributed by atoms with van der Waals surface area (Å²) in [5, 5.41) is 2.69. The third-order valence-corrected chi connectivity index (χ3v) is 3.54. The molecule has 9 heteroatoms. The Labute approximate surface area is 150 Å². The van der Waals surface area contributed by atoms with Crippen molar-refractivity contribution in [1.82, 2.24) is 0 Å². The minimum Gasteiger partial charge on any atom is -0.452 e. The van der Waals surface area contributed by atoms with Gasteiger partial charge >= 0.3 is 12.1 Å². The van der Waals surface area contributed by atoms with Crippen LogP contribution in [-0.4, -0.2) is 18.5 Å². The molecule has 0 atom stereocenters. The highest BCUT2D eigenvalue weighted by Gasteiger charge is 2.30. The number of rotatable bonds is 4. The van der Waals surface area contributed by atoms with Crippen molar-refractivity contribution in [2.24, 2.45) is 0 Å². The Balaban J connectivity index is 1.92. The van der Waals surface area contributed by atoms with Gasteiger partial charge in [-0.15, -0.1) is 0 Å². The number of ether oxygens (including phenoxy) is 1. The van der Waals surface area contributed by atoms with E-state index in [9.17, 15) is 22.8 Å². The fourth-order valence-corrected chi connectivity index (χ4v) is 2.17. The summed E-state index contributed by atoms with van der Waals surface area (Å²) < 4.78 is 42.1. The Morgan fingerprint density at radius 3 is 2.28 bits per heavy atom. The van der Waals surface area contributed by atoms with Crippen molar-refractivity contribution in [3.63, 3.8) is 0 Å². The highest BCUT2D eigenvalue weighted by molar-refractivity contribution is 6.35. The maximum absolute atomic E-state index is 12.4. The summed E-state index contributed by atoms with van der Waals surface area (Å²) in [5.74, 6) is -1.57. The van der Waals surface area contributed by atoms with Crippen LogP contribution in [0, 0.1) is 0 Å². The second kappa shape index (κ2) is 7.76. The van der Waals surface area contributed by atoms with E-state index >= 15 is 0 Å². The molecule has 0 saturated carbocycles. The molecule has 2 rings (SSSR count). The van der Waals surface area contributed by atoms with Crippen LogP contribution >= 0.6 is 23.2 Å². The molecule has 0 unspecified atom stereocenters. The first-order valence-corrected chi connectivity index (χ1v) is 7.51. The van der Waals surface area contributed by atoms with Crippen LogP contribution in [-0.2, 0) is 15.7 Å². The fourth-order valence-electron chi connectivity index (χ4n) is 1.80. The van der Waals surface area contributed by atoms with Crippen molar-refractivity contribution in [3.05, 3.63) is 63.6 Å². The Bertz CT molecular complexity index is 792. The lowest BCUT2D eigenvalue weighted by molar-refractivity contribution is -0.137. The Morgan fingerprint density at radius 2 is 1.68 bits per heavy atom. The van der Waals surface area contributed by atoms with Crippen LogP contribution in [0.3, 0.4) is 0 Å². The molecule has 1 N–H and O–H groups in total. The lowest BCUT2D eigenvalue weighted by Gasteiger charge is -2.09. The molecule has 25 heavy (non-hydrogen) atoms. The molecule has 2 aromatic rings. The molecule has 1 amide bonds. The van der Waals surface area contributed by atoms with Crippen LogP contribution in [0.25, 0.3) is 0 Å². The number of benzene rings is 2. The van der Waals surface area contributed by atoms with E-state index in [0.717, 1.165) is 24.3 Å². The number of carbonyl (C=O) groups is 2. The Morgan fingerprint density at radius 1 is 1.04 bits per heavy atom. The van der Waals surface area contributed by atoms with Crippen molar-refractivity contribution in [2.75, 3.05) is 11.9 Å². The summed E-state index contributed by atoms with van der Waals surface area (Å²) in [7, 11) is 0. The summed E-state index contributed by atoms with van der Waals surface area (Å²) in [6, 6.07) is 8.02.